The summed E-state index contributed by atoms with van der Waals surface area (Å²) in [6.07, 6.45) is 12.1. The van der Waals surface area contributed by atoms with Gasteiger partial charge in [-0.2, -0.15) is 0 Å². The van der Waals surface area contributed by atoms with Crippen LogP contribution in [0.3, 0.4) is 0 Å². The van der Waals surface area contributed by atoms with E-state index in [1.165, 1.54) is 70.4 Å². The number of amides is 1. The first-order chi connectivity index (χ1) is 21.2. The molecule has 1 saturated heterocycles. The quantitative estimate of drug-likeness (QED) is 0.186. The van der Waals surface area contributed by atoms with Crippen molar-refractivity contribution in [2.24, 2.45) is 0 Å². The van der Waals surface area contributed by atoms with E-state index >= 15 is 0 Å². The Bertz CT molecular complexity index is 1300. The third kappa shape index (κ3) is 11.7. The topological polar surface area (TPSA) is 73.5 Å². The Morgan fingerprint density at radius 3 is 2.23 bits per heavy atom. The Morgan fingerprint density at radius 1 is 1.00 bits per heavy atom. The molecule has 1 amide bonds. The minimum Gasteiger partial charge on any atom is -0.379 e. The molecule has 0 spiro atoms. The van der Waals surface area contributed by atoms with Gasteiger partial charge in [-0.3, -0.25) is 4.79 Å². The molecule has 0 atom stereocenters. The van der Waals surface area contributed by atoms with Gasteiger partial charge in [0.2, 0.25) is 0 Å². The molecular formula is C36H50F2N4O2. The van der Waals surface area contributed by atoms with E-state index in [0.717, 1.165) is 41.7 Å². The molecule has 2 aliphatic heterocycles. The largest absolute Gasteiger partial charge is 0.379 e. The van der Waals surface area contributed by atoms with E-state index < -0.39 is 5.82 Å². The Kier molecular flexibility index (Phi) is 16.1. The molecule has 1 fully saturated rings. The van der Waals surface area contributed by atoms with Gasteiger partial charge in [0, 0.05) is 23.5 Å². The first-order valence-electron chi connectivity index (χ1n) is 15.7. The maximum atomic E-state index is 14.8. The van der Waals surface area contributed by atoms with Crippen LogP contribution in [0.5, 0.6) is 0 Å². The predicted molar refractivity (Wildman–Crippen MR) is 179 cm³/mol. The van der Waals surface area contributed by atoms with Gasteiger partial charge in [-0.05, 0) is 109 Å². The SMILES string of the molecule is C/C=C(\CCC)NC(/C=C1\C(=O)Nc2cc(NCc3ccc(F)cc3)c(F)cc21)=C(C)C.CC=O.CCCN1CCCCC1. The summed E-state index contributed by atoms with van der Waals surface area (Å²) in [5.74, 6) is -1.05. The highest BCUT2D eigenvalue weighted by atomic mass is 19.1. The van der Waals surface area contributed by atoms with Gasteiger partial charge in [-0.25, -0.2) is 8.78 Å². The van der Waals surface area contributed by atoms with Crippen LogP contribution >= 0.6 is 0 Å². The number of piperidine rings is 1. The number of nitrogens with one attached hydrogen (secondary N) is 3. The van der Waals surface area contributed by atoms with Gasteiger partial charge in [0.1, 0.15) is 17.9 Å². The second-order valence-electron chi connectivity index (χ2n) is 11.1. The van der Waals surface area contributed by atoms with Crippen molar-refractivity contribution in [3.05, 3.63) is 88.3 Å². The highest BCUT2D eigenvalue weighted by Crippen LogP contribution is 2.36. The van der Waals surface area contributed by atoms with Crippen molar-refractivity contribution in [2.45, 2.75) is 86.6 Å². The summed E-state index contributed by atoms with van der Waals surface area (Å²) in [6, 6.07) is 8.97. The molecule has 2 heterocycles. The summed E-state index contributed by atoms with van der Waals surface area (Å²) in [6.45, 7) is 16.1. The lowest BCUT2D eigenvalue weighted by Gasteiger charge is -2.25. The van der Waals surface area contributed by atoms with Gasteiger partial charge in [0.25, 0.3) is 5.91 Å². The number of allylic oxidation sites excluding steroid dienone is 4. The molecule has 44 heavy (non-hydrogen) atoms. The van der Waals surface area contributed by atoms with Gasteiger partial charge in [0.05, 0.1) is 16.9 Å². The van der Waals surface area contributed by atoms with E-state index in [9.17, 15) is 13.6 Å². The van der Waals surface area contributed by atoms with Gasteiger partial charge < -0.3 is 25.6 Å². The first kappa shape index (κ1) is 36.4. The highest BCUT2D eigenvalue weighted by Gasteiger charge is 2.26. The molecule has 2 aliphatic rings. The van der Waals surface area contributed by atoms with Crippen molar-refractivity contribution in [3.8, 4) is 0 Å². The zero-order valence-corrected chi connectivity index (χ0v) is 27.3. The van der Waals surface area contributed by atoms with Crippen molar-refractivity contribution in [2.75, 3.05) is 30.3 Å². The smallest absolute Gasteiger partial charge is 0.256 e. The Morgan fingerprint density at radius 2 is 1.66 bits per heavy atom. The molecular weight excluding hydrogens is 558 g/mol. The van der Waals surface area contributed by atoms with Crippen LogP contribution in [0.2, 0.25) is 0 Å². The molecule has 0 aromatic heterocycles. The molecule has 2 aromatic carbocycles. The monoisotopic (exact) mass is 608 g/mol. The third-order valence-electron chi connectivity index (χ3n) is 7.27. The number of anilines is 2. The number of halogens is 2. The van der Waals surface area contributed by atoms with Crippen LogP contribution in [-0.4, -0.2) is 36.7 Å². The molecule has 4 rings (SSSR count). The van der Waals surface area contributed by atoms with E-state index in [1.54, 1.807) is 24.3 Å². The molecule has 0 aliphatic carbocycles. The Balaban J connectivity index is 0.000000471. The molecule has 8 heteroatoms. The number of carbonyl (C=O) groups is 2. The minimum atomic E-state index is -0.458. The van der Waals surface area contributed by atoms with Crippen LogP contribution in [0.1, 0.15) is 91.2 Å². The third-order valence-corrected chi connectivity index (χ3v) is 7.27. The van der Waals surface area contributed by atoms with Crippen LogP contribution in [-0.2, 0) is 16.1 Å². The molecule has 0 saturated carbocycles. The van der Waals surface area contributed by atoms with Crippen LogP contribution < -0.4 is 16.0 Å². The number of rotatable bonds is 10. The summed E-state index contributed by atoms with van der Waals surface area (Å²) in [7, 11) is 0. The maximum absolute atomic E-state index is 14.8. The number of carbonyl (C=O) groups excluding carboxylic acids is 2. The van der Waals surface area contributed by atoms with Crippen LogP contribution in [0, 0.1) is 11.6 Å². The summed E-state index contributed by atoms with van der Waals surface area (Å²) in [5.41, 5.74) is 5.51. The zero-order valence-electron chi connectivity index (χ0n) is 27.3. The molecule has 3 N–H and O–H groups in total. The van der Waals surface area contributed by atoms with Crippen LogP contribution in [0.15, 0.2) is 65.5 Å². The average Bonchev–Trinajstić information content (AvgIpc) is 3.30. The number of aldehydes is 1. The molecule has 240 valence electrons. The Hall–Kier alpha value is -3.78. The standard InChI is InChI=1S/C26H29F2N3O.C8H17N.C2H4O/c1-5-7-19(6-2)30-23(16(3)4)13-21-20-12-22(28)25(14-24(20)31-26(21)32)29-15-17-8-10-18(27)11-9-17;1-2-6-9-7-4-3-5-8-9;1-2-3/h6,8-14,29-30H,5,7,15H2,1-4H3,(H,31,32);2-8H2,1H3;2H,1H3/b19-6+,21-13-;;. The number of nitrogens with zero attached hydrogens (tertiary/aromatic N) is 1. The second kappa shape index (κ2) is 19.5. The van der Waals surface area contributed by atoms with Gasteiger partial charge in [-0.1, -0.05) is 50.5 Å². The fourth-order valence-corrected chi connectivity index (χ4v) is 4.96. The van der Waals surface area contributed by atoms with E-state index in [2.05, 4.69) is 34.7 Å². The number of likely N-dealkylation sites (tertiary alicyclic amines) is 1. The first-order valence-corrected chi connectivity index (χ1v) is 15.7. The number of hydrogen-bond acceptors (Lipinski definition) is 5. The molecule has 0 bridgehead atoms. The molecule has 0 radical (unpaired) electrons. The zero-order chi connectivity index (χ0) is 32.5. The fraction of sp³-hybridized carbons (Fsp3) is 0.444. The number of benzene rings is 2. The summed E-state index contributed by atoms with van der Waals surface area (Å²) >= 11 is 0. The van der Waals surface area contributed by atoms with Gasteiger partial charge >= 0.3 is 0 Å². The van der Waals surface area contributed by atoms with Crippen LogP contribution in [0.25, 0.3) is 5.57 Å². The molecule has 6 nitrogen and oxygen atoms in total. The van der Waals surface area contributed by atoms with E-state index in [1.807, 2.05) is 26.8 Å². The lowest BCUT2D eigenvalue weighted by atomic mass is 10.0. The van der Waals surface area contributed by atoms with Gasteiger partial charge in [-0.15, -0.1) is 0 Å². The lowest BCUT2D eigenvalue weighted by molar-refractivity contribution is -0.111. The lowest BCUT2D eigenvalue weighted by Crippen LogP contribution is -2.30. The summed E-state index contributed by atoms with van der Waals surface area (Å²) < 4.78 is 27.9. The second-order valence-corrected chi connectivity index (χ2v) is 11.1. The fourth-order valence-electron chi connectivity index (χ4n) is 4.96. The predicted octanol–water partition coefficient (Wildman–Crippen LogP) is 8.59. The normalized spacial score (nSPS) is 15.2. The number of hydrogen-bond donors (Lipinski definition) is 3. The number of fused-ring (bicyclic) bond motifs is 1. The maximum Gasteiger partial charge on any atom is 0.256 e. The van der Waals surface area contributed by atoms with Crippen molar-refractivity contribution in [1.82, 2.24) is 10.2 Å². The van der Waals surface area contributed by atoms with E-state index in [-0.39, 0.29) is 17.4 Å². The molecule has 0 unspecified atom stereocenters. The van der Waals surface area contributed by atoms with E-state index in [0.29, 0.717) is 23.4 Å². The van der Waals surface area contributed by atoms with Crippen LogP contribution in [0.4, 0.5) is 20.2 Å². The summed E-state index contributed by atoms with van der Waals surface area (Å²) in [5, 5.41) is 9.25. The average molecular weight is 609 g/mol. The van der Waals surface area contributed by atoms with Crippen molar-refractivity contribution >= 4 is 29.1 Å². The Labute approximate surface area is 262 Å². The van der Waals surface area contributed by atoms with Crippen molar-refractivity contribution in [1.29, 1.82) is 0 Å². The highest BCUT2D eigenvalue weighted by molar-refractivity contribution is 6.32. The molecule has 2 aromatic rings. The minimum absolute atomic E-state index is 0.270. The van der Waals surface area contributed by atoms with Gasteiger partial charge in [0.15, 0.2) is 0 Å². The van der Waals surface area contributed by atoms with E-state index in [4.69, 9.17) is 4.79 Å². The van der Waals surface area contributed by atoms with Crippen molar-refractivity contribution < 1.29 is 18.4 Å². The summed E-state index contributed by atoms with van der Waals surface area (Å²) in [4.78, 5) is 24.1. The van der Waals surface area contributed by atoms with Crippen molar-refractivity contribution in [3.63, 3.8) is 0 Å².